The quantitative estimate of drug-likeness (QED) is 0.940. The molecule has 2 heterocycles. The zero-order valence-corrected chi connectivity index (χ0v) is 13.5. The fourth-order valence-electron chi connectivity index (χ4n) is 3.33. The summed E-state index contributed by atoms with van der Waals surface area (Å²) in [5.74, 6) is 1.82. The van der Waals surface area contributed by atoms with Crippen LogP contribution in [0.5, 0.6) is 0 Å². The molecule has 1 unspecified atom stereocenters. The fraction of sp³-hybridized carbons (Fsp3) is 0.529. The molecule has 0 bridgehead atoms. The van der Waals surface area contributed by atoms with Crippen molar-refractivity contribution < 1.29 is 5.11 Å². The van der Waals surface area contributed by atoms with Gasteiger partial charge in [0.15, 0.2) is 5.82 Å². The molecule has 0 amide bonds. The topological polar surface area (TPSA) is 54.2 Å². The van der Waals surface area contributed by atoms with Gasteiger partial charge in [0.25, 0.3) is 0 Å². The van der Waals surface area contributed by atoms with Crippen molar-refractivity contribution in [3.63, 3.8) is 0 Å². The lowest BCUT2D eigenvalue weighted by Gasteiger charge is -2.33. The average molecular weight is 300 g/mol. The number of hydrogen-bond donors (Lipinski definition) is 1. The van der Waals surface area contributed by atoms with E-state index >= 15 is 0 Å². The van der Waals surface area contributed by atoms with Gasteiger partial charge in [0.1, 0.15) is 5.82 Å². The van der Waals surface area contributed by atoms with E-state index in [0.717, 1.165) is 43.1 Å². The number of aliphatic hydroxyl groups is 1. The second-order valence-electron chi connectivity index (χ2n) is 6.65. The summed E-state index contributed by atoms with van der Waals surface area (Å²) in [6, 6.07) is 10.3. The van der Waals surface area contributed by atoms with Gasteiger partial charge in [-0.3, -0.25) is 4.90 Å². The molecule has 1 saturated heterocycles. The van der Waals surface area contributed by atoms with Crippen LogP contribution in [0.15, 0.2) is 30.3 Å². The second-order valence-corrected chi connectivity index (χ2v) is 6.65. The van der Waals surface area contributed by atoms with Gasteiger partial charge < -0.3 is 9.67 Å². The Bertz CT molecular complexity index is 630. The van der Waals surface area contributed by atoms with E-state index in [9.17, 15) is 5.11 Å². The van der Waals surface area contributed by atoms with Crippen LogP contribution in [0.3, 0.4) is 0 Å². The maximum Gasteiger partial charge on any atom is 0.163 e. The molecule has 1 aliphatic rings. The molecule has 5 heteroatoms. The van der Waals surface area contributed by atoms with Crippen LogP contribution in [0.25, 0.3) is 11.4 Å². The number of rotatable bonds is 4. The lowest BCUT2D eigenvalue weighted by atomic mass is 9.97. The molecule has 0 saturated carbocycles. The molecular formula is C17H24N4O. The van der Waals surface area contributed by atoms with Crippen molar-refractivity contribution in [1.29, 1.82) is 0 Å². The van der Waals surface area contributed by atoms with Crippen LogP contribution in [0.4, 0.5) is 0 Å². The average Bonchev–Trinajstić information content (AvgIpc) is 3.08. The van der Waals surface area contributed by atoms with E-state index in [2.05, 4.69) is 19.7 Å². The van der Waals surface area contributed by atoms with Gasteiger partial charge in [0.05, 0.1) is 12.1 Å². The molecule has 22 heavy (non-hydrogen) atoms. The van der Waals surface area contributed by atoms with Gasteiger partial charge >= 0.3 is 0 Å². The second kappa shape index (κ2) is 5.82. The van der Waals surface area contributed by atoms with Crippen molar-refractivity contribution in [2.75, 3.05) is 6.54 Å². The largest absolute Gasteiger partial charge is 0.389 e. The first-order valence-electron chi connectivity index (χ1n) is 7.87. The first-order valence-corrected chi connectivity index (χ1v) is 7.87. The summed E-state index contributed by atoms with van der Waals surface area (Å²) in [4.78, 5) is 2.32. The smallest absolute Gasteiger partial charge is 0.163 e. The standard InChI is InChI=1S/C17H24N4O/c1-17(2,22)14-10-7-11-21(14)12-15-18-19-16(20(15)3)13-8-5-4-6-9-13/h4-6,8-9,14,22H,7,10-12H2,1-3H3. The molecule has 3 rings (SSSR count). The molecule has 2 aromatic rings. The zero-order valence-electron chi connectivity index (χ0n) is 13.5. The molecule has 1 aromatic carbocycles. The maximum absolute atomic E-state index is 10.3. The highest BCUT2D eigenvalue weighted by atomic mass is 16.3. The third kappa shape index (κ3) is 2.91. The molecule has 0 spiro atoms. The van der Waals surface area contributed by atoms with Crippen LogP contribution in [-0.4, -0.2) is 43.0 Å². The van der Waals surface area contributed by atoms with Crippen LogP contribution in [0.2, 0.25) is 0 Å². The Morgan fingerprint density at radius 3 is 2.64 bits per heavy atom. The van der Waals surface area contributed by atoms with E-state index in [1.165, 1.54) is 0 Å². The van der Waals surface area contributed by atoms with Crippen molar-refractivity contribution in [3.05, 3.63) is 36.2 Å². The van der Waals surface area contributed by atoms with Crippen molar-refractivity contribution in [1.82, 2.24) is 19.7 Å². The first-order chi connectivity index (χ1) is 10.5. The van der Waals surface area contributed by atoms with Gasteiger partial charge in [-0.25, -0.2) is 0 Å². The Kier molecular flexibility index (Phi) is 4.02. The Morgan fingerprint density at radius 1 is 1.23 bits per heavy atom. The van der Waals surface area contributed by atoms with Crippen LogP contribution in [0, 0.1) is 0 Å². The first kappa shape index (κ1) is 15.2. The molecule has 1 fully saturated rings. The molecule has 1 aliphatic heterocycles. The summed E-state index contributed by atoms with van der Waals surface area (Å²) in [5, 5.41) is 19.0. The summed E-state index contributed by atoms with van der Waals surface area (Å²) in [7, 11) is 2.01. The van der Waals surface area contributed by atoms with Gasteiger partial charge in [0, 0.05) is 18.7 Å². The highest BCUT2D eigenvalue weighted by molar-refractivity contribution is 5.54. The lowest BCUT2D eigenvalue weighted by molar-refractivity contribution is -0.00599. The highest BCUT2D eigenvalue weighted by Gasteiger charge is 2.36. The molecule has 1 N–H and O–H groups in total. The maximum atomic E-state index is 10.3. The fourth-order valence-corrected chi connectivity index (χ4v) is 3.33. The van der Waals surface area contributed by atoms with Gasteiger partial charge in [-0.05, 0) is 33.2 Å². The minimum atomic E-state index is -0.683. The van der Waals surface area contributed by atoms with Crippen LogP contribution >= 0.6 is 0 Å². The molecule has 0 aliphatic carbocycles. The Labute approximate surface area is 131 Å². The predicted octanol–water partition coefficient (Wildman–Crippen LogP) is 2.22. The van der Waals surface area contributed by atoms with Crippen molar-refractivity contribution in [2.45, 2.75) is 44.9 Å². The number of nitrogens with zero attached hydrogens (tertiary/aromatic N) is 4. The summed E-state index contributed by atoms with van der Waals surface area (Å²) in [6.07, 6.45) is 2.16. The molecule has 0 radical (unpaired) electrons. The van der Waals surface area contributed by atoms with E-state index in [1.807, 2.05) is 51.2 Å². The number of benzene rings is 1. The van der Waals surface area contributed by atoms with Crippen molar-refractivity contribution >= 4 is 0 Å². The van der Waals surface area contributed by atoms with Gasteiger partial charge in [-0.15, -0.1) is 10.2 Å². The predicted molar refractivity (Wildman–Crippen MR) is 86.2 cm³/mol. The summed E-state index contributed by atoms with van der Waals surface area (Å²) < 4.78 is 2.05. The third-order valence-electron chi connectivity index (χ3n) is 4.52. The van der Waals surface area contributed by atoms with Crippen LogP contribution in [0.1, 0.15) is 32.5 Å². The minimum absolute atomic E-state index is 0.185. The highest BCUT2D eigenvalue weighted by Crippen LogP contribution is 2.28. The zero-order chi connectivity index (χ0) is 15.7. The Morgan fingerprint density at radius 2 is 1.95 bits per heavy atom. The van der Waals surface area contributed by atoms with Gasteiger partial charge in [-0.2, -0.15) is 0 Å². The van der Waals surface area contributed by atoms with E-state index in [4.69, 9.17) is 0 Å². The van der Waals surface area contributed by atoms with Crippen LogP contribution < -0.4 is 0 Å². The molecule has 1 atom stereocenters. The molecule has 1 aromatic heterocycles. The minimum Gasteiger partial charge on any atom is -0.389 e. The van der Waals surface area contributed by atoms with Crippen molar-refractivity contribution in [3.8, 4) is 11.4 Å². The monoisotopic (exact) mass is 300 g/mol. The molecule has 5 nitrogen and oxygen atoms in total. The number of aromatic nitrogens is 3. The van der Waals surface area contributed by atoms with Crippen LogP contribution in [-0.2, 0) is 13.6 Å². The molecular weight excluding hydrogens is 276 g/mol. The normalized spacial score (nSPS) is 19.7. The third-order valence-corrected chi connectivity index (χ3v) is 4.52. The number of likely N-dealkylation sites (tertiary alicyclic amines) is 1. The van der Waals surface area contributed by atoms with Crippen molar-refractivity contribution in [2.24, 2.45) is 7.05 Å². The SMILES string of the molecule is Cn1c(CN2CCCC2C(C)(C)O)nnc1-c1ccccc1. The Hall–Kier alpha value is -1.72. The van der Waals surface area contributed by atoms with E-state index < -0.39 is 5.60 Å². The lowest BCUT2D eigenvalue weighted by Crippen LogP contribution is -2.45. The van der Waals surface area contributed by atoms with E-state index in [-0.39, 0.29) is 6.04 Å². The summed E-state index contributed by atoms with van der Waals surface area (Å²) >= 11 is 0. The van der Waals surface area contributed by atoms with Gasteiger partial charge in [0.2, 0.25) is 0 Å². The van der Waals surface area contributed by atoms with E-state index in [1.54, 1.807) is 0 Å². The van der Waals surface area contributed by atoms with E-state index in [0.29, 0.717) is 0 Å². The summed E-state index contributed by atoms with van der Waals surface area (Å²) in [6.45, 7) is 5.51. The summed E-state index contributed by atoms with van der Waals surface area (Å²) in [5.41, 5.74) is 0.390. The number of hydrogen-bond acceptors (Lipinski definition) is 4. The Balaban J connectivity index is 1.81. The molecule has 118 valence electrons. The van der Waals surface area contributed by atoms with Gasteiger partial charge in [-0.1, -0.05) is 30.3 Å².